The van der Waals surface area contributed by atoms with E-state index in [1.54, 1.807) is 24.5 Å². The highest BCUT2D eigenvalue weighted by Gasteiger charge is 2.33. The van der Waals surface area contributed by atoms with Gasteiger partial charge >= 0.3 is 0 Å². The van der Waals surface area contributed by atoms with Crippen molar-refractivity contribution in [3.8, 4) is 22.9 Å². The number of aromatic nitrogens is 3. The summed E-state index contributed by atoms with van der Waals surface area (Å²) in [7, 11) is 0. The van der Waals surface area contributed by atoms with Gasteiger partial charge in [0.25, 0.3) is 0 Å². The number of fused-ring (bicyclic) bond motifs is 1. The van der Waals surface area contributed by atoms with Crippen LogP contribution in [0.5, 0.6) is 11.5 Å². The maximum Gasteiger partial charge on any atom is 0.238 e. The number of benzene rings is 1. The van der Waals surface area contributed by atoms with Crippen molar-refractivity contribution in [2.45, 2.75) is 5.92 Å². The van der Waals surface area contributed by atoms with E-state index in [0.717, 1.165) is 5.56 Å². The van der Waals surface area contributed by atoms with Gasteiger partial charge in [-0.3, -0.25) is 14.7 Å². The molecule has 4 heterocycles. The van der Waals surface area contributed by atoms with E-state index < -0.39 is 0 Å². The molecule has 1 fully saturated rings. The average Bonchev–Trinajstić information content (AvgIpc) is 3.20. The van der Waals surface area contributed by atoms with Crippen LogP contribution in [0.2, 0.25) is 0 Å². The molecule has 0 saturated carbocycles. The van der Waals surface area contributed by atoms with Gasteiger partial charge in [0.2, 0.25) is 17.6 Å². The second kappa shape index (κ2) is 7.51. The van der Waals surface area contributed by atoms with E-state index in [0.29, 0.717) is 61.7 Å². The van der Waals surface area contributed by atoms with Gasteiger partial charge < -0.3 is 19.3 Å². The lowest BCUT2D eigenvalue weighted by molar-refractivity contribution is -0.118. The van der Waals surface area contributed by atoms with Crippen LogP contribution in [0, 0.1) is 0 Å². The van der Waals surface area contributed by atoms with Crippen molar-refractivity contribution in [1.29, 1.82) is 0 Å². The van der Waals surface area contributed by atoms with Crippen LogP contribution < -0.4 is 14.8 Å². The molecule has 2 aliphatic rings. The maximum atomic E-state index is 12.3. The first-order chi connectivity index (χ1) is 14.2. The topological polar surface area (TPSA) is 103 Å². The Morgan fingerprint density at radius 1 is 1.17 bits per heavy atom. The van der Waals surface area contributed by atoms with Crippen LogP contribution in [-0.2, 0) is 4.79 Å². The Balaban J connectivity index is 1.13. The quantitative estimate of drug-likeness (QED) is 0.702. The first-order valence-electron chi connectivity index (χ1n) is 9.40. The first-order valence-corrected chi connectivity index (χ1v) is 9.40. The van der Waals surface area contributed by atoms with Crippen LogP contribution in [0.15, 0.2) is 47.2 Å². The van der Waals surface area contributed by atoms with Crippen molar-refractivity contribution in [2.24, 2.45) is 0 Å². The Kier molecular flexibility index (Phi) is 4.57. The van der Waals surface area contributed by atoms with Gasteiger partial charge in [0.05, 0.1) is 12.5 Å². The molecule has 2 aliphatic heterocycles. The van der Waals surface area contributed by atoms with Crippen LogP contribution in [0.1, 0.15) is 11.8 Å². The minimum atomic E-state index is -0.0818. The van der Waals surface area contributed by atoms with Gasteiger partial charge in [-0.2, -0.15) is 4.98 Å². The number of carbonyl (C=O) groups excluding carboxylic acids is 1. The number of nitrogens with one attached hydrogen (secondary N) is 1. The molecule has 1 aromatic carbocycles. The van der Waals surface area contributed by atoms with Gasteiger partial charge in [0.15, 0.2) is 11.5 Å². The van der Waals surface area contributed by atoms with Crippen LogP contribution in [0.25, 0.3) is 11.4 Å². The standard InChI is InChI=1S/C20H19N5O4/c26-18(22-15-3-4-16-17(8-15)28-7-6-27-16)12-25-10-14(11-25)20-23-19(24-29-20)13-2-1-5-21-9-13/h1-5,8-9,14H,6-7,10-12H2,(H,22,26). The summed E-state index contributed by atoms with van der Waals surface area (Å²) < 4.78 is 16.4. The summed E-state index contributed by atoms with van der Waals surface area (Å²) in [5.41, 5.74) is 1.51. The predicted octanol–water partition coefficient (Wildman–Crippen LogP) is 1.94. The van der Waals surface area contributed by atoms with Crippen LogP contribution >= 0.6 is 0 Å². The number of hydrogen-bond acceptors (Lipinski definition) is 8. The van der Waals surface area contributed by atoms with E-state index in [9.17, 15) is 4.79 Å². The van der Waals surface area contributed by atoms with E-state index in [2.05, 4.69) is 20.4 Å². The number of pyridine rings is 1. The van der Waals surface area contributed by atoms with Gasteiger partial charge in [-0.1, -0.05) is 5.16 Å². The van der Waals surface area contributed by atoms with Crippen LogP contribution in [0.4, 0.5) is 5.69 Å². The SMILES string of the molecule is O=C(CN1CC(c2nc(-c3cccnc3)no2)C1)Nc1ccc2c(c1)OCCO2. The minimum Gasteiger partial charge on any atom is -0.486 e. The lowest BCUT2D eigenvalue weighted by atomic mass is 10.0. The highest BCUT2D eigenvalue weighted by atomic mass is 16.6. The van der Waals surface area contributed by atoms with Gasteiger partial charge in [0.1, 0.15) is 13.2 Å². The maximum absolute atomic E-state index is 12.3. The molecule has 1 amide bonds. The summed E-state index contributed by atoms with van der Waals surface area (Å²) in [4.78, 5) is 22.9. The molecule has 0 unspecified atom stereocenters. The number of ether oxygens (including phenoxy) is 2. The van der Waals surface area contributed by atoms with Gasteiger partial charge in [-0.25, -0.2) is 0 Å². The number of rotatable bonds is 5. The Morgan fingerprint density at radius 2 is 2.03 bits per heavy atom. The molecule has 9 heteroatoms. The van der Waals surface area contributed by atoms with E-state index in [-0.39, 0.29) is 11.8 Å². The smallest absolute Gasteiger partial charge is 0.238 e. The van der Waals surface area contributed by atoms with Crippen molar-refractivity contribution in [1.82, 2.24) is 20.0 Å². The minimum absolute atomic E-state index is 0.0818. The monoisotopic (exact) mass is 393 g/mol. The fourth-order valence-electron chi connectivity index (χ4n) is 3.39. The van der Waals surface area contributed by atoms with Crippen molar-refractivity contribution in [3.05, 3.63) is 48.6 Å². The summed E-state index contributed by atoms with van der Waals surface area (Å²) in [5, 5.41) is 6.92. The number of nitrogens with zero attached hydrogens (tertiary/aromatic N) is 4. The molecule has 2 aromatic heterocycles. The van der Waals surface area contributed by atoms with Crippen molar-refractivity contribution in [3.63, 3.8) is 0 Å². The Morgan fingerprint density at radius 3 is 2.86 bits per heavy atom. The zero-order valence-corrected chi connectivity index (χ0v) is 15.6. The third-order valence-corrected chi connectivity index (χ3v) is 4.86. The summed E-state index contributed by atoms with van der Waals surface area (Å²) >= 11 is 0. The zero-order chi connectivity index (χ0) is 19.6. The van der Waals surface area contributed by atoms with Crippen LogP contribution in [-0.4, -0.2) is 58.8 Å². The fourth-order valence-corrected chi connectivity index (χ4v) is 3.39. The van der Waals surface area contributed by atoms with Crippen molar-refractivity contribution in [2.75, 3.05) is 38.2 Å². The lowest BCUT2D eigenvalue weighted by Gasteiger charge is -2.36. The van der Waals surface area contributed by atoms with Gasteiger partial charge in [-0.05, 0) is 24.3 Å². The van der Waals surface area contributed by atoms with Gasteiger partial charge in [0, 0.05) is 42.8 Å². The summed E-state index contributed by atoms with van der Waals surface area (Å²) in [6, 6.07) is 9.11. The number of hydrogen-bond donors (Lipinski definition) is 1. The molecule has 148 valence electrons. The fraction of sp³-hybridized carbons (Fsp3) is 0.300. The molecule has 1 N–H and O–H groups in total. The largest absolute Gasteiger partial charge is 0.486 e. The molecule has 5 rings (SSSR count). The lowest BCUT2D eigenvalue weighted by Crippen LogP contribution is -2.48. The van der Waals surface area contributed by atoms with Crippen molar-refractivity contribution >= 4 is 11.6 Å². The molecule has 0 bridgehead atoms. The van der Waals surface area contributed by atoms with E-state index in [1.807, 2.05) is 23.1 Å². The molecule has 0 radical (unpaired) electrons. The average molecular weight is 393 g/mol. The Bertz CT molecular complexity index is 1020. The molecule has 9 nitrogen and oxygen atoms in total. The molecule has 1 saturated heterocycles. The number of anilines is 1. The van der Waals surface area contributed by atoms with Gasteiger partial charge in [-0.15, -0.1) is 0 Å². The van der Waals surface area contributed by atoms with E-state index in [1.165, 1.54) is 0 Å². The normalized spacial score (nSPS) is 16.3. The third-order valence-electron chi connectivity index (χ3n) is 4.86. The Hall–Kier alpha value is -3.46. The molecular weight excluding hydrogens is 374 g/mol. The highest BCUT2D eigenvalue weighted by molar-refractivity contribution is 5.92. The molecule has 0 atom stereocenters. The summed E-state index contributed by atoms with van der Waals surface area (Å²) in [6.45, 7) is 2.75. The Labute approximate surface area is 166 Å². The van der Waals surface area contributed by atoms with E-state index in [4.69, 9.17) is 14.0 Å². The van der Waals surface area contributed by atoms with Crippen LogP contribution in [0.3, 0.4) is 0 Å². The van der Waals surface area contributed by atoms with E-state index >= 15 is 0 Å². The predicted molar refractivity (Wildman–Crippen MR) is 103 cm³/mol. The first kappa shape index (κ1) is 17.6. The second-order valence-electron chi connectivity index (χ2n) is 7.00. The number of amides is 1. The molecule has 3 aromatic rings. The molecule has 0 spiro atoms. The number of carbonyl (C=O) groups is 1. The summed E-state index contributed by atoms with van der Waals surface area (Å²) in [6.07, 6.45) is 3.40. The third kappa shape index (κ3) is 3.77. The molecular formula is C20H19N5O4. The second-order valence-corrected chi connectivity index (χ2v) is 7.00. The van der Waals surface area contributed by atoms with Crippen molar-refractivity contribution < 1.29 is 18.8 Å². The zero-order valence-electron chi connectivity index (χ0n) is 15.6. The number of likely N-dealkylation sites (tertiary alicyclic amines) is 1. The summed E-state index contributed by atoms with van der Waals surface area (Å²) in [5.74, 6) is 2.52. The molecule has 0 aliphatic carbocycles. The highest BCUT2D eigenvalue weighted by Crippen LogP contribution is 2.33. The molecule has 29 heavy (non-hydrogen) atoms.